The molecule has 1 aliphatic carbocycles. The Balaban J connectivity index is 1.56. The lowest BCUT2D eigenvalue weighted by atomic mass is 9.77. The molecule has 1 aliphatic rings. The Bertz CT molecular complexity index is 2470. The largest absolute Gasteiger partial charge is 0.399 e. The van der Waals surface area contributed by atoms with Crippen LogP contribution in [0.4, 0.5) is 5.69 Å². The maximum absolute atomic E-state index is 6.31. The molecule has 0 radical (unpaired) electrons. The zero-order valence-corrected chi connectivity index (χ0v) is 27.3. The summed E-state index contributed by atoms with van der Waals surface area (Å²) in [5.74, 6) is 0. The van der Waals surface area contributed by atoms with Gasteiger partial charge in [0, 0.05) is 5.69 Å². The van der Waals surface area contributed by atoms with E-state index in [1.165, 1.54) is 106 Å². The van der Waals surface area contributed by atoms with E-state index in [1.54, 1.807) is 0 Å². The van der Waals surface area contributed by atoms with E-state index in [2.05, 4.69) is 153 Å². The molecule has 0 aliphatic heterocycles. The monoisotopic (exact) mass is 615 g/mol. The third-order valence-electron chi connectivity index (χ3n) is 10.3. The van der Waals surface area contributed by atoms with Crippen LogP contribution in [-0.2, 0) is 6.42 Å². The second-order valence-corrected chi connectivity index (χ2v) is 13.2. The van der Waals surface area contributed by atoms with Crippen molar-refractivity contribution in [2.45, 2.75) is 32.6 Å². The molecule has 0 heterocycles. The highest BCUT2D eigenvalue weighted by atomic mass is 14.5. The standard InChI is InChI=1S/C47H37N/c1-2-3-6-23-38-41(32-24-26-35(48)27-25-32)43(31-17-9-5-10-18-31)47-40-29-34-20-12-14-22-37(34)44-36-21-13-11-19-33(36)28-39(45(40)44)46(47)42(38)30-15-7-4-8-16-30/h4-5,7-22,24-29H,2-3,6,23,48H2,1H3. The van der Waals surface area contributed by atoms with Gasteiger partial charge in [-0.1, -0.05) is 141 Å². The van der Waals surface area contributed by atoms with Crippen LogP contribution in [-0.4, -0.2) is 0 Å². The first kappa shape index (κ1) is 28.6. The van der Waals surface area contributed by atoms with E-state index < -0.39 is 0 Å². The molecule has 0 amide bonds. The number of hydrogen-bond acceptors (Lipinski definition) is 1. The minimum Gasteiger partial charge on any atom is -0.399 e. The summed E-state index contributed by atoms with van der Waals surface area (Å²) < 4.78 is 0. The molecule has 0 unspecified atom stereocenters. The van der Waals surface area contributed by atoms with Gasteiger partial charge in [-0.3, -0.25) is 0 Å². The smallest absolute Gasteiger partial charge is 0.0314 e. The van der Waals surface area contributed by atoms with Crippen molar-refractivity contribution in [3.63, 3.8) is 0 Å². The molecule has 0 saturated carbocycles. The van der Waals surface area contributed by atoms with E-state index in [-0.39, 0.29) is 0 Å². The Morgan fingerprint density at radius 2 is 0.917 bits per heavy atom. The molecule has 1 heteroatoms. The van der Waals surface area contributed by atoms with E-state index in [9.17, 15) is 0 Å². The van der Waals surface area contributed by atoms with Gasteiger partial charge in [0.2, 0.25) is 0 Å². The van der Waals surface area contributed by atoms with Crippen LogP contribution in [0.15, 0.2) is 146 Å². The van der Waals surface area contributed by atoms with Crippen LogP contribution in [0.25, 0.3) is 88.0 Å². The van der Waals surface area contributed by atoms with E-state index >= 15 is 0 Å². The highest BCUT2D eigenvalue weighted by Gasteiger charge is 2.34. The normalized spacial score (nSPS) is 11.9. The zero-order chi connectivity index (χ0) is 32.2. The number of unbranched alkanes of at least 4 members (excludes halogenated alkanes) is 2. The number of anilines is 1. The highest BCUT2D eigenvalue weighted by Crippen LogP contribution is 2.60. The van der Waals surface area contributed by atoms with Crippen LogP contribution in [0, 0.1) is 0 Å². The van der Waals surface area contributed by atoms with Crippen molar-refractivity contribution in [2.24, 2.45) is 0 Å². The molecule has 8 aromatic rings. The minimum absolute atomic E-state index is 0.785. The second-order valence-electron chi connectivity index (χ2n) is 13.2. The van der Waals surface area contributed by atoms with Gasteiger partial charge in [0.25, 0.3) is 0 Å². The molecule has 0 fully saturated rings. The van der Waals surface area contributed by atoms with Gasteiger partial charge in [0.05, 0.1) is 0 Å². The Labute approximate surface area is 282 Å². The van der Waals surface area contributed by atoms with Crippen molar-refractivity contribution in [3.05, 3.63) is 151 Å². The highest BCUT2D eigenvalue weighted by molar-refractivity contribution is 6.34. The molecule has 230 valence electrons. The molecule has 1 nitrogen and oxygen atoms in total. The molecule has 0 bridgehead atoms. The average molecular weight is 616 g/mol. The lowest BCUT2D eigenvalue weighted by Gasteiger charge is -2.26. The third-order valence-corrected chi connectivity index (χ3v) is 10.3. The van der Waals surface area contributed by atoms with E-state index in [0.717, 1.165) is 18.5 Å². The Morgan fingerprint density at radius 3 is 1.50 bits per heavy atom. The lowest BCUT2D eigenvalue weighted by Crippen LogP contribution is -2.03. The molecule has 0 atom stereocenters. The van der Waals surface area contributed by atoms with Crippen LogP contribution < -0.4 is 5.73 Å². The molecule has 48 heavy (non-hydrogen) atoms. The van der Waals surface area contributed by atoms with Gasteiger partial charge in [-0.15, -0.1) is 0 Å². The van der Waals surface area contributed by atoms with Crippen LogP contribution in [0.5, 0.6) is 0 Å². The fraction of sp³-hybridized carbons (Fsp3) is 0.106. The lowest BCUT2D eigenvalue weighted by molar-refractivity contribution is 0.719. The fourth-order valence-electron chi connectivity index (χ4n) is 8.31. The van der Waals surface area contributed by atoms with Gasteiger partial charge >= 0.3 is 0 Å². The Hall–Kier alpha value is -5.66. The van der Waals surface area contributed by atoms with Crippen LogP contribution >= 0.6 is 0 Å². The predicted molar refractivity (Wildman–Crippen MR) is 207 cm³/mol. The van der Waals surface area contributed by atoms with Crippen molar-refractivity contribution in [1.29, 1.82) is 0 Å². The molecule has 8 aromatic carbocycles. The quantitative estimate of drug-likeness (QED) is 0.108. The summed E-state index contributed by atoms with van der Waals surface area (Å²) in [6.45, 7) is 2.30. The first-order valence-corrected chi connectivity index (χ1v) is 17.3. The number of hydrogen-bond donors (Lipinski definition) is 1. The van der Waals surface area contributed by atoms with Gasteiger partial charge in [0.15, 0.2) is 0 Å². The number of benzene rings is 8. The molecular weight excluding hydrogens is 579 g/mol. The van der Waals surface area contributed by atoms with Crippen molar-refractivity contribution < 1.29 is 0 Å². The zero-order valence-electron chi connectivity index (χ0n) is 27.3. The number of nitrogens with two attached hydrogens (primary N) is 1. The predicted octanol–water partition coefficient (Wildman–Crippen LogP) is 13.1. The summed E-state index contributed by atoms with van der Waals surface area (Å²) in [5, 5.41) is 7.90. The maximum Gasteiger partial charge on any atom is 0.0314 e. The average Bonchev–Trinajstić information content (AvgIpc) is 3.45. The van der Waals surface area contributed by atoms with Crippen molar-refractivity contribution in [3.8, 4) is 55.6 Å². The van der Waals surface area contributed by atoms with Crippen molar-refractivity contribution in [1.82, 2.24) is 0 Å². The van der Waals surface area contributed by atoms with Crippen LogP contribution in [0.1, 0.15) is 31.7 Å². The molecule has 0 saturated heterocycles. The SMILES string of the molecule is CCCCCc1c(-c2ccc(N)cc2)c(-c2ccccc2)c2c(c1-c1ccccc1)-c1cc3ccccc3c3c1c-2cc1ccccc13. The van der Waals surface area contributed by atoms with Gasteiger partial charge in [-0.2, -0.15) is 0 Å². The van der Waals surface area contributed by atoms with Crippen molar-refractivity contribution >= 4 is 38.0 Å². The van der Waals surface area contributed by atoms with E-state index in [1.807, 2.05) is 0 Å². The van der Waals surface area contributed by atoms with E-state index in [0.29, 0.717) is 0 Å². The number of nitrogen functional groups attached to an aromatic ring is 1. The fourth-order valence-corrected chi connectivity index (χ4v) is 8.31. The van der Waals surface area contributed by atoms with Gasteiger partial charge in [-0.05, 0) is 131 Å². The number of rotatable bonds is 7. The Morgan fingerprint density at radius 1 is 0.438 bits per heavy atom. The Kier molecular flexibility index (Phi) is 6.87. The summed E-state index contributed by atoms with van der Waals surface area (Å²) in [6, 6.07) is 53.7. The summed E-state index contributed by atoms with van der Waals surface area (Å²) >= 11 is 0. The van der Waals surface area contributed by atoms with Crippen molar-refractivity contribution in [2.75, 3.05) is 5.73 Å². The molecule has 0 aromatic heterocycles. The van der Waals surface area contributed by atoms with E-state index in [4.69, 9.17) is 5.73 Å². The van der Waals surface area contributed by atoms with Gasteiger partial charge < -0.3 is 5.73 Å². The third kappa shape index (κ3) is 4.38. The van der Waals surface area contributed by atoms with Gasteiger partial charge in [0.1, 0.15) is 0 Å². The van der Waals surface area contributed by atoms with Crippen LogP contribution in [0.2, 0.25) is 0 Å². The summed E-state index contributed by atoms with van der Waals surface area (Å²) in [7, 11) is 0. The summed E-state index contributed by atoms with van der Waals surface area (Å²) in [4.78, 5) is 0. The minimum atomic E-state index is 0.785. The topological polar surface area (TPSA) is 26.0 Å². The second kappa shape index (κ2) is 11.5. The first-order chi connectivity index (χ1) is 23.7. The van der Waals surface area contributed by atoms with Crippen LogP contribution in [0.3, 0.4) is 0 Å². The summed E-state index contributed by atoms with van der Waals surface area (Å²) in [6.07, 6.45) is 4.51. The maximum atomic E-state index is 6.31. The molecule has 9 rings (SSSR count). The molecule has 0 spiro atoms. The summed E-state index contributed by atoms with van der Waals surface area (Å²) in [5.41, 5.74) is 21.6. The molecular formula is C47H37N. The first-order valence-electron chi connectivity index (χ1n) is 17.3. The molecule has 2 N–H and O–H groups in total. The number of fused-ring (bicyclic) bond motifs is 7. The van der Waals surface area contributed by atoms with Gasteiger partial charge in [-0.25, -0.2) is 0 Å².